The average Bonchev–Trinajstić information content (AvgIpc) is 3.21. The lowest BCUT2D eigenvalue weighted by Crippen LogP contribution is -2.39. The van der Waals surface area contributed by atoms with Crippen molar-refractivity contribution in [3.63, 3.8) is 0 Å². The van der Waals surface area contributed by atoms with Crippen LogP contribution in [0.1, 0.15) is 36.5 Å². The molecule has 2 bridgehead atoms. The monoisotopic (exact) mass is 296 g/mol. The topological polar surface area (TPSA) is 42.3 Å². The smallest absolute Gasteiger partial charge is 0.242 e. The van der Waals surface area contributed by atoms with Crippen molar-refractivity contribution in [2.45, 2.75) is 38.8 Å². The number of carbonyl (C=O) groups is 2. The fourth-order valence-corrected chi connectivity index (χ4v) is 4.12. The number of ketones is 1. The molecule has 2 aliphatic rings. The molecule has 1 aliphatic carbocycles. The zero-order chi connectivity index (χ0) is 15.3. The van der Waals surface area contributed by atoms with Crippen molar-refractivity contribution >= 4 is 22.6 Å². The van der Waals surface area contributed by atoms with Crippen LogP contribution in [0.25, 0.3) is 10.9 Å². The van der Waals surface area contributed by atoms with E-state index in [1.165, 1.54) is 12.8 Å². The van der Waals surface area contributed by atoms with Crippen LogP contribution in [0.15, 0.2) is 30.5 Å². The number of rotatable bonds is 3. The van der Waals surface area contributed by atoms with E-state index in [0.29, 0.717) is 24.1 Å². The zero-order valence-corrected chi connectivity index (χ0v) is 12.8. The Morgan fingerprint density at radius 2 is 2.05 bits per heavy atom. The van der Waals surface area contributed by atoms with Gasteiger partial charge in [-0.3, -0.25) is 9.59 Å². The molecule has 1 amide bonds. The number of hydrogen-bond donors (Lipinski definition) is 0. The highest BCUT2D eigenvalue weighted by molar-refractivity contribution is 6.07. The molecular weight excluding hydrogens is 276 g/mol. The minimum atomic E-state index is 0.0441. The average molecular weight is 296 g/mol. The number of para-hydroxylation sites is 1. The van der Waals surface area contributed by atoms with E-state index < -0.39 is 0 Å². The third-order valence-electron chi connectivity index (χ3n) is 5.20. The molecule has 114 valence electrons. The van der Waals surface area contributed by atoms with Crippen molar-refractivity contribution in [1.82, 2.24) is 9.47 Å². The van der Waals surface area contributed by atoms with E-state index >= 15 is 0 Å². The lowest BCUT2D eigenvalue weighted by Gasteiger charge is -2.27. The third kappa shape index (κ3) is 2.05. The maximum Gasteiger partial charge on any atom is 0.242 e. The highest BCUT2D eigenvalue weighted by Crippen LogP contribution is 2.37. The van der Waals surface area contributed by atoms with E-state index in [-0.39, 0.29) is 11.7 Å². The van der Waals surface area contributed by atoms with Crippen molar-refractivity contribution in [3.05, 3.63) is 36.0 Å². The number of hydrogen-bond acceptors (Lipinski definition) is 2. The van der Waals surface area contributed by atoms with Gasteiger partial charge >= 0.3 is 0 Å². The molecule has 4 rings (SSSR count). The van der Waals surface area contributed by atoms with Gasteiger partial charge in [-0.15, -0.1) is 0 Å². The first-order valence-electron chi connectivity index (χ1n) is 8.02. The number of likely N-dealkylation sites (tertiary alicyclic amines) is 1. The highest BCUT2D eigenvalue weighted by Gasteiger charge is 2.40. The van der Waals surface area contributed by atoms with E-state index in [9.17, 15) is 9.59 Å². The van der Waals surface area contributed by atoms with Crippen LogP contribution in [0.2, 0.25) is 0 Å². The minimum Gasteiger partial charge on any atom is -0.338 e. The molecule has 0 spiro atoms. The van der Waals surface area contributed by atoms with Gasteiger partial charge in [-0.25, -0.2) is 0 Å². The number of benzene rings is 1. The van der Waals surface area contributed by atoms with Crippen LogP contribution in [0, 0.1) is 5.92 Å². The van der Waals surface area contributed by atoms with Crippen LogP contribution < -0.4 is 0 Å². The van der Waals surface area contributed by atoms with Crippen molar-refractivity contribution in [3.8, 4) is 0 Å². The Kier molecular flexibility index (Phi) is 3.06. The van der Waals surface area contributed by atoms with Crippen molar-refractivity contribution in [2.24, 2.45) is 5.92 Å². The minimum absolute atomic E-state index is 0.0441. The Balaban J connectivity index is 1.64. The summed E-state index contributed by atoms with van der Waals surface area (Å²) in [6.07, 6.45) is 5.44. The third-order valence-corrected chi connectivity index (χ3v) is 5.20. The first-order valence-corrected chi connectivity index (χ1v) is 8.02. The van der Waals surface area contributed by atoms with E-state index in [4.69, 9.17) is 0 Å². The van der Waals surface area contributed by atoms with E-state index in [1.54, 1.807) is 6.92 Å². The molecule has 2 heterocycles. The predicted molar refractivity (Wildman–Crippen MR) is 84.8 cm³/mol. The summed E-state index contributed by atoms with van der Waals surface area (Å²) in [4.78, 5) is 26.5. The molecule has 4 nitrogen and oxygen atoms in total. The predicted octanol–water partition coefficient (Wildman–Crippen LogP) is 2.85. The molecule has 22 heavy (non-hydrogen) atoms. The second-order valence-corrected chi connectivity index (χ2v) is 6.62. The summed E-state index contributed by atoms with van der Waals surface area (Å²) >= 11 is 0. The molecule has 2 aromatic rings. The molecule has 4 heteroatoms. The van der Waals surface area contributed by atoms with Crippen LogP contribution >= 0.6 is 0 Å². The Bertz CT molecular complexity index is 762. The first-order chi connectivity index (χ1) is 10.6. The van der Waals surface area contributed by atoms with Crippen molar-refractivity contribution < 1.29 is 9.59 Å². The van der Waals surface area contributed by atoms with Crippen molar-refractivity contribution in [2.75, 3.05) is 6.54 Å². The van der Waals surface area contributed by atoms with Gasteiger partial charge in [0, 0.05) is 35.2 Å². The molecule has 1 aromatic carbocycles. The van der Waals surface area contributed by atoms with E-state index in [1.807, 2.05) is 35.0 Å². The van der Waals surface area contributed by atoms with E-state index in [2.05, 4.69) is 4.90 Å². The highest BCUT2D eigenvalue weighted by atomic mass is 16.2. The van der Waals surface area contributed by atoms with Crippen LogP contribution in [0.3, 0.4) is 0 Å². The fourth-order valence-electron chi connectivity index (χ4n) is 4.12. The largest absolute Gasteiger partial charge is 0.338 e. The molecule has 2 atom stereocenters. The molecule has 1 aromatic heterocycles. The standard InChI is InChI=1S/C18H20N2O2/c1-12(21)16-10-19(17-5-3-2-4-15(16)17)11-18(22)20-9-13-6-7-14(20)8-13/h2-5,10,13-14H,6-9,11H2,1H3. The van der Waals surface area contributed by atoms with E-state index in [0.717, 1.165) is 23.9 Å². The van der Waals surface area contributed by atoms with Gasteiger partial charge in [-0.2, -0.15) is 0 Å². The first kappa shape index (κ1) is 13.6. The summed E-state index contributed by atoms with van der Waals surface area (Å²) in [5.41, 5.74) is 1.66. The molecule has 2 unspecified atom stereocenters. The Labute approximate surface area is 129 Å². The summed E-state index contributed by atoms with van der Waals surface area (Å²) in [5.74, 6) is 0.939. The Morgan fingerprint density at radius 1 is 1.23 bits per heavy atom. The van der Waals surface area contributed by atoms with Crippen molar-refractivity contribution in [1.29, 1.82) is 0 Å². The normalized spacial score (nSPS) is 23.4. The Hall–Kier alpha value is -2.10. The van der Waals surface area contributed by atoms with Gasteiger partial charge in [0.15, 0.2) is 5.78 Å². The van der Waals surface area contributed by atoms with Gasteiger partial charge in [0.2, 0.25) is 5.91 Å². The maximum absolute atomic E-state index is 12.6. The molecule has 2 fully saturated rings. The number of nitrogens with zero attached hydrogens (tertiary/aromatic N) is 2. The zero-order valence-electron chi connectivity index (χ0n) is 12.8. The van der Waals surface area contributed by atoms with Crippen LogP contribution in [-0.4, -0.2) is 33.7 Å². The molecule has 1 saturated heterocycles. The summed E-state index contributed by atoms with van der Waals surface area (Å²) in [7, 11) is 0. The number of piperidine rings is 1. The number of aromatic nitrogens is 1. The summed E-state index contributed by atoms with van der Waals surface area (Å²) < 4.78 is 1.93. The number of fused-ring (bicyclic) bond motifs is 3. The lowest BCUT2D eigenvalue weighted by atomic mass is 10.1. The van der Waals surface area contributed by atoms with Gasteiger partial charge in [0.05, 0.1) is 0 Å². The van der Waals surface area contributed by atoms with Crippen LogP contribution in [0.4, 0.5) is 0 Å². The Morgan fingerprint density at radius 3 is 2.73 bits per heavy atom. The fraction of sp³-hybridized carbons (Fsp3) is 0.444. The molecule has 0 radical (unpaired) electrons. The molecule has 1 aliphatic heterocycles. The second kappa shape index (κ2) is 4.97. The number of Topliss-reactive ketones (excluding diaryl/α,β-unsaturated/α-hetero) is 1. The summed E-state index contributed by atoms with van der Waals surface area (Å²) in [5, 5.41) is 0.936. The summed E-state index contributed by atoms with van der Waals surface area (Å²) in [6.45, 7) is 2.83. The molecular formula is C18H20N2O2. The van der Waals surface area contributed by atoms with Crippen LogP contribution in [-0.2, 0) is 11.3 Å². The quantitative estimate of drug-likeness (QED) is 0.817. The molecule has 0 N–H and O–H groups in total. The van der Waals surface area contributed by atoms with Gasteiger partial charge in [0.25, 0.3) is 0 Å². The van der Waals surface area contributed by atoms with Crippen LogP contribution in [0.5, 0.6) is 0 Å². The van der Waals surface area contributed by atoms with Gasteiger partial charge < -0.3 is 9.47 Å². The summed E-state index contributed by atoms with van der Waals surface area (Å²) in [6, 6.07) is 8.26. The van der Waals surface area contributed by atoms with Gasteiger partial charge in [-0.05, 0) is 38.2 Å². The number of amides is 1. The SMILES string of the molecule is CC(=O)c1cn(CC(=O)N2CC3CCC2C3)c2ccccc12. The van der Waals surface area contributed by atoms with Gasteiger partial charge in [-0.1, -0.05) is 18.2 Å². The lowest BCUT2D eigenvalue weighted by molar-refractivity contribution is -0.133. The number of carbonyl (C=O) groups excluding carboxylic acids is 2. The van der Waals surface area contributed by atoms with Gasteiger partial charge in [0.1, 0.15) is 6.54 Å². The molecule has 1 saturated carbocycles. The second-order valence-electron chi connectivity index (χ2n) is 6.62. The maximum atomic E-state index is 12.6.